The number of aromatic nitrogens is 4. The van der Waals surface area contributed by atoms with E-state index in [1.807, 2.05) is 18.2 Å². The zero-order valence-corrected chi connectivity index (χ0v) is 21.4. The van der Waals surface area contributed by atoms with Gasteiger partial charge in [0.2, 0.25) is 11.8 Å². The van der Waals surface area contributed by atoms with Crippen LogP contribution in [0, 0.1) is 6.92 Å². The van der Waals surface area contributed by atoms with Crippen LogP contribution < -0.4 is 5.32 Å². The molecule has 194 valence electrons. The summed E-state index contributed by atoms with van der Waals surface area (Å²) in [5.74, 6) is -0.270. The first-order valence-corrected chi connectivity index (χ1v) is 12.4. The van der Waals surface area contributed by atoms with Crippen LogP contribution in [0.5, 0.6) is 0 Å². The number of pyridine rings is 1. The van der Waals surface area contributed by atoms with Crippen molar-refractivity contribution in [3.63, 3.8) is 0 Å². The number of fused-ring (bicyclic) bond motifs is 1. The van der Waals surface area contributed by atoms with Gasteiger partial charge in [-0.15, -0.1) is 0 Å². The molecule has 0 aliphatic carbocycles. The van der Waals surface area contributed by atoms with E-state index in [2.05, 4.69) is 20.3 Å². The third-order valence-electron chi connectivity index (χ3n) is 6.52. The van der Waals surface area contributed by atoms with Gasteiger partial charge >= 0.3 is 0 Å². The zero-order chi connectivity index (χ0) is 27.0. The first-order valence-electron chi connectivity index (χ1n) is 12.0. The van der Waals surface area contributed by atoms with Crippen LogP contribution in [0.2, 0.25) is 5.15 Å². The number of halogens is 2. The van der Waals surface area contributed by atoms with Crippen LogP contribution >= 0.6 is 11.6 Å². The van der Waals surface area contributed by atoms with Crippen LogP contribution in [0.15, 0.2) is 55.0 Å². The highest BCUT2D eigenvalue weighted by Gasteiger charge is 2.40. The molecule has 1 fully saturated rings. The summed E-state index contributed by atoms with van der Waals surface area (Å²) in [4.78, 5) is 52.4. The molecule has 2 atom stereocenters. The summed E-state index contributed by atoms with van der Waals surface area (Å²) >= 11 is 5.88. The summed E-state index contributed by atoms with van der Waals surface area (Å²) in [6.07, 6.45) is 3.58. The number of amides is 2. The van der Waals surface area contributed by atoms with Crippen LogP contribution in [-0.2, 0) is 16.1 Å². The van der Waals surface area contributed by atoms with Crippen LogP contribution in [0.25, 0.3) is 22.0 Å². The van der Waals surface area contributed by atoms with Gasteiger partial charge < -0.3 is 14.8 Å². The molecule has 4 heterocycles. The maximum Gasteiger partial charge on any atom is 0.248 e. The Balaban J connectivity index is 1.41. The van der Waals surface area contributed by atoms with Gasteiger partial charge in [0.1, 0.15) is 35.6 Å². The van der Waals surface area contributed by atoms with Crippen LogP contribution in [0.4, 0.5) is 10.2 Å². The minimum absolute atomic E-state index is 0.120. The van der Waals surface area contributed by atoms with Crippen LogP contribution in [-0.4, -0.2) is 60.8 Å². The van der Waals surface area contributed by atoms with Gasteiger partial charge in [-0.3, -0.25) is 14.4 Å². The normalized spacial score (nSPS) is 17.1. The van der Waals surface area contributed by atoms with Crippen molar-refractivity contribution in [1.82, 2.24) is 24.4 Å². The number of likely N-dealkylation sites (tertiary alicyclic amines) is 1. The highest BCUT2D eigenvalue weighted by atomic mass is 35.5. The van der Waals surface area contributed by atoms with Gasteiger partial charge in [0.15, 0.2) is 5.78 Å². The van der Waals surface area contributed by atoms with Gasteiger partial charge in [0.05, 0.1) is 6.54 Å². The molecule has 1 aromatic carbocycles. The summed E-state index contributed by atoms with van der Waals surface area (Å²) in [6.45, 7) is 2.89. The number of hydrogen-bond donors (Lipinski definition) is 1. The van der Waals surface area contributed by atoms with Gasteiger partial charge in [0, 0.05) is 47.0 Å². The van der Waals surface area contributed by atoms with Crippen molar-refractivity contribution in [2.24, 2.45) is 0 Å². The Bertz CT molecular complexity index is 1550. The lowest BCUT2D eigenvalue weighted by molar-refractivity contribution is -0.137. The molecule has 0 bridgehead atoms. The number of nitrogens with one attached hydrogen (secondary N) is 1. The molecule has 1 saturated heterocycles. The average Bonchev–Trinajstić information content (AvgIpc) is 3.45. The Morgan fingerprint density at radius 3 is 2.61 bits per heavy atom. The van der Waals surface area contributed by atoms with Gasteiger partial charge in [-0.1, -0.05) is 23.7 Å². The lowest BCUT2D eigenvalue weighted by Gasteiger charge is -2.24. The predicted octanol–water partition coefficient (Wildman–Crippen LogP) is 4.24. The summed E-state index contributed by atoms with van der Waals surface area (Å²) in [5.41, 5.74) is 2.74. The number of nitrogens with zero attached hydrogens (tertiary/aromatic N) is 5. The highest BCUT2D eigenvalue weighted by Crippen LogP contribution is 2.29. The number of ketones is 1. The molecule has 1 aliphatic heterocycles. The molecule has 4 aromatic rings. The fraction of sp³-hybridized carbons (Fsp3) is 0.259. The second-order valence-electron chi connectivity index (χ2n) is 9.21. The number of carbonyl (C=O) groups is 3. The van der Waals surface area contributed by atoms with Gasteiger partial charge in [-0.05, 0) is 43.7 Å². The Morgan fingerprint density at radius 2 is 1.89 bits per heavy atom. The molecule has 0 saturated carbocycles. The van der Waals surface area contributed by atoms with E-state index in [1.54, 1.807) is 48.3 Å². The molecule has 0 radical (unpaired) electrons. The molecule has 3 aromatic heterocycles. The van der Waals surface area contributed by atoms with Gasteiger partial charge in [0.25, 0.3) is 0 Å². The quantitative estimate of drug-likeness (QED) is 0.293. The van der Waals surface area contributed by atoms with Crippen molar-refractivity contribution in [2.45, 2.75) is 39.0 Å². The average molecular weight is 535 g/mol. The summed E-state index contributed by atoms with van der Waals surface area (Å²) in [6, 6.07) is 9.30. The first kappa shape index (κ1) is 25.5. The SMILES string of the molecule is CC(=O)c1cn(CC(=O)N2C[C@H](F)CC2C(=O)Nc2cccc(Cl)n2)c2ccc(-c3cnc(C)nc3)cc12. The van der Waals surface area contributed by atoms with E-state index in [0.29, 0.717) is 22.3 Å². The van der Waals surface area contributed by atoms with E-state index in [-0.39, 0.29) is 36.3 Å². The Hall–Kier alpha value is -4.18. The molecular formula is C27H24ClFN6O3. The largest absolute Gasteiger partial charge is 0.337 e. The fourth-order valence-corrected chi connectivity index (χ4v) is 4.83. The standard InChI is InChI=1S/C27H24ClFN6O3/c1-15(36)21-13-34(22-7-6-17(8-20(21)22)18-10-30-16(2)31-11-18)14-26(37)35-12-19(29)9-23(35)27(38)33-25-5-3-4-24(28)32-25/h3-8,10-11,13,19,23H,9,12,14H2,1-2H3,(H,32,33,38)/t19-,23?/m1/s1. The van der Waals surface area contributed by atoms with Gasteiger partial charge in [-0.2, -0.15) is 0 Å². The third kappa shape index (κ3) is 5.12. The Kier molecular flexibility index (Phi) is 6.90. The van der Waals surface area contributed by atoms with E-state index >= 15 is 0 Å². The number of anilines is 1. The molecular weight excluding hydrogens is 511 g/mol. The van der Waals surface area contributed by atoms with Crippen LogP contribution in [0.1, 0.15) is 29.5 Å². The number of aryl methyl sites for hydroxylation is 1. The summed E-state index contributed by atoms with van der Waals surface area (Å²) in [7, 11) is 0. The lowest BCUT2D eigenvalue weighted by Crippen LogP contribution is -2.44. The molecule has 1 N–H and O–H groups in total. The van der Waals surface area contributed by atoms with Crippen molar-refractivity contribution >= 4 is 45.9 Å². The van der Waals surface area contributed by atoms with E-state index in [4.69, 9.17) is 11.6 Å². The van der Waals surface area contributed by atoms with Gasteiger partial charge in [-0.25, -0.2) is 19.3 Å². The second-order valence-corrected chi connectivity index (χ2v) is 9.59. The molecule has 5 rings (SSSR count). The fourth-order valence-electron chi connectivity index (χ4n) is 4.66. The maximum atomic E-state index is 14.4. The van der Waals surface area contributed by atoms with Crippen molar-refractivity contribution in [3.05, 3.63) is 71.5 Å². The number of rotatable bonds is 6. The maximum absolute atomic E-state index is 14.4. The summed E-state index contributed by atoms with van der Waals surface area (Å²) < 4.78 is 16.1. The van der Waals surface area contributed by atoms with E-state index in [9.17, 15) is 18.8 Å². The first-order chi connectivity index (χ1) is 18.2. The summed E-state index contributed by atoms with van der Waals surface area (Å²) in [5, 5.41) is 3.49. The highest BCUT2D eigenvalue weighted by molar-refractivity contribution is 6.29. The molecule has 11 heteroatoms. The van der Waals surface area contributed by atoms with E-state index in [1.165, 1.54) is 11.8 Å². The van der Waals surface area contributed by atoms with E-state index in [0.717, 1.165) is 11.1 Å². The number of benzene rings is 1. The minimum Gasteiger partial charge on any atom is -0.337 e. The molecule has 9 nitrogen and oxygen atoms in total. The topological polar surface area (TPSA) is 110 Å². The van der Waals surface area contributed by atoms with Crippen molar-refractivity contribution in [2.75, 3.05) is 11.9 Å². The number of hydrogen-bond acceptors (Lipinski definition) is 6. The molecule has 0 spiro atoms. The molecule has 38 heavy (non-hydrogen) atoms. The second kappa shape index (κ2) is 10.3. The molecule has 1 unspecified atom stereocenters. The van der Waals surface area contributed by atoms with E-state index < -0.39 is 24.0 Å². The molecule has 2 amide bonds. The van der Waals surface area contributed by atoms with Crippen molar-refractivity contribution in [3.8, 4) is 11.1 Å². The predicted molar refractivity (Wildman–Crippen MR) is 141 cm³/mol. The zero-order valence-electron chi connectivity index (χ0n) is 20.7. The Morgan fingerprint density at radius 1 is 1.13 bits per heavy atom. The minimum atomic E-state index is -1.34. The van der Waals surface area contributed by atoms with Crippen molar-refractivity contribution < 1.29 is 18.8 Å². The Labute approximate surface area is 222 Å². The molecule has 1 aliphatic rings. The van der Waals surface area contributed by atoms with Crippen LogP contribution in [0.3, 0.4) is 0 Å². The number of alkyl halides is 1. The monoisotopic (exact) mass is 534 g/mol. The number of Topliss-reactive ketones (excluding diaryl/α,β-unsaturated/α-hetero) is 1. The lowest BCUT2D eigenvalue weighted by atomic mass is 10.0. The smallest absolute Gasteiger partial charge is 0.248 e. The third-order valence-corrected chi connectivity index (χ3v) is 6.73. The van der Waals surface area contributed by atoms with Crippen molar-refractivity contribution in [1.29, 1.82) is 0 Å². The number of carbonyl (C=O) groups excluding carboxylic acids is 3.